The maximum atomic E-state index is 13.5. The molecule has 214 valence electrons. The Balaban J connectivity index is 1.47. The number of hydrogen-bond donors (Lipinski definition) is 2. The molecule has 1 aliphatic rings. The maximum Gasteiger partial charge on any atom is 0.226 e. The number of ether oxygens (including phenoxy) is 1. The summed E-state index contributed by atoms with van der Waals surface area (Å²) in [5.74, 6) is -0.0163. The lowest BCUT2D eigenvalue weighted by atomic mass is 9.71. The molecule has 0 radical (unpaired) electrons. The lowest BCUT2D eigenvalue weighted by molar-refractivity contribution is -0.138. The fourth-order valence-corrected chi connectivity index (χ4v) is 5.95. The van der Waals surface area contributed by atoms with Gasteiger partial charge in [-0.2, -0.15) is 0 Å². The van der Waals surface area contributed by atoms with Crippen molar-refractivity contribution < 1.29 is 17.9 Å². The second-order valence-corrected chi connectivity index (χ2v) is 12.9. The summed E-state index contributed by atoms with van der Waals surface area (Å²) in [4.78, 5) is 15.3. The molecule has 0 saturated carbocycles. The SMILES string of the molecule is CS(=O)(=O)NCC1(c2ccccc2)CCN(C(=O)CCOCc2ccc(Cl)c(Cl)c2)C(NCc2ccccc2)C1. The molecule has 40 heavy (non-hydrogen) atoms. The summed E-state index contributed by atoms with van der Waals surface area (Å²) in [7, 11) is -3.40. The van der Waals surface area contributed by atoms with Gasteiger partial charge in [-0.05, 0) is 41.7 Å². The molecule has 1 saturated heterocycles. The number of halogens is 2. The Labute approximate surface area is 246 Å². The van der Waals surface area contributed by atoms with Crippen LogP contribution in [0.5, 0.6) is 0 Å². The van der Waals surface area contributed by atoms with E-state index in [0.717, 1.165) is 16.7 Å². The minimum atomic E-state index is -3.40. The van der Waals surface area contributed by atoms with Crippen molar-refractivity contribution in [2.24, 2.45) is 0 Å². The topological polar surface area (TPSA) is 87.7 Å². The highest BCUT2D eigenvalue weighted by molar-refractivity contribution is 7.88. The third-order valence-corrected chi connectivity index (χ3v) is 8.68. The summed E-state index contributed by atoms with van der Waals surface area (Å²) >= 11 is 12.1. The molecule has 1 heterocycles. The van der Waals surface area contributed by atoms with Crippen LogP contribution in [-0.2, 0) is 38.1 Å². The maximum absolute atomic E-state index is 13.5. The first-order valence-electron chi connectivity index (χ1n) is 13.2. The van der Waals surface area contributed by atoms with Crippen molar-refractivity contribution in [2.75, 3.05) is 26.0 Å². The number of likely N-dealkylation sites (tertiary alicyclic amines) is 1. The molecule has 0 bridgehead atoms. The number of nitrogens with one attached hydrogen (secondary N) is 2. The highest BCUT2D eigenvalue weighted by atomic mass is 35.5. The fraction of sp³-hybridized carbons (Fsp3) is 0.367. The van der Waals surface area contributed by atoms with Gasteiger partial charge in [-0.1, -0.05) is 89.9 Å². The molecule has 2 atom stereocenters. The van der Waals surface area contributed by atoms with Crippen LogP contribution in [0.3, 0.4) is 0 Å². The summed E-state index contributed by atoms with van der Waals surface area (Å²) < 4.78 is 32.7. The van der Waals surface area contributed by atoms with Gasteiger partial charge in [-0.25, -0.2) is 13.1 Å². The van der Waals surface area contributed by atoms with Crippen molar-refractivity contribution in [3.05, 3.63) is 106 Å². The normalized spacial score (nSPS) is 19.5. The molecule has 3 aromatic rings. The first-order valence-corrected chi connectivity index (χ1v) is 15.9. The van der Waals surface area contributed by atoms with Gasteiger partial charge in [0.25, 0.3) is 0 Å². The highest BCUT2D eigenvalue weighted by Crippen LogP contribution is 2.38. The number of nitrogens with zero attached hydrogens (tertiary/aromatic N) is 1. The third kappa shape index (κ3) is 8.52. The van der Waals surface area contributed by atoms with Crippen molar-refractivity contribution >= 4 is 39.1 Å². The molecule has 1 amide bonds. The van der Waals surface area contributed by atoms with E-state index in [1.54, 1.807) is 12.1 Å². The number of rotatable bonds is 12. The first kappa shape index (κ1) is 30.5. The predicted octanol–water partition coefficient (Wildman–Crippen LogP) is 5.13. The summed E-state index contributed by atoms with van der Waals surface area (Å²) in [5.41, 5.74) is 2.56. The average Bonchev–Trinajstić information content (AvgIpc) is 2.95. The number of carbonyl (C=O) groups excluding carboxylic acids is 1. The molecule has 3 aromatic carbocycles. The fourth-order valence-electron chi connectivity index (χ4n) is 5.09. The minimum Gasteiger partial charge on any atom is -0.376 e. The van der Waals surface area contributed by atoms with Crippen LogP contribution in [-0.4, -0.2) is 51.3 Å². The Morgan fingerprint density at radius 3 is 2.38 bits per heavy atom. The summed E-state index contributed by atoms with van der Waals surface area (Å²) in [5, 5.41) is 4.53. The molecule has 1 fully saturated rings. The second-order valence-electron chi connectivity index (χ2n) is 10.2. The van der Waals surface area contributed by atoms with E-state index in [2.05, 4.69) is 10.0 Å². The Hall–Kier alpha value is -2.46. The number of piperidine rings is 1. The van der Waals surface area contributed by atoms with Crippen LogP contribution in [0.1, 0.15) is 36.0 Å². The van der Waals surface area contributed by atoms with Gasteiger partial charge >= 0.3 is 0 Å². The number of benzene rings is 3. The summed E-state index contributed by atoms with van der Waals surface area (Å²) in [6.45, 7) is 1.91. The van der Waals surface area contributed by atoms with Gasteiger partial charge in [0.2, 0.25) is 15.9 Å². The van der Waals surface area contributed by atoms with E-state index in [1.165, 1.54) is 6.26 Å². The van der Waals surface area contributed by atoms with E-state index >= 15 is 0 Å². The molecule has 1 aliphatic heterocycles. The van der Waals surface area contributed by atoms with Crippen LogP contribution in [0.4, 0.5) is 0 Å². The zero-order chi connectivity index (χ0) is 28.6. The van der Waals surface area contributed by atoms with Gasteiger partial charge in [0.1, 0.15) is 0 Å². The second kappa shape index (κ2) is 13.9. The summed E-state index contributed by atoms with van der Waals surface area (Å²) in [6, 6.07) is 25.3. The van der Waals surface area contributed by atoms with Crippen molar-refractivity contribution in [1.82, 2.24) is 14.9 Å². The monoisotopic (exact) mass is 603 g/mol. The first-order chi connectivity index (χ1) is 19.2. The molecule has 0 aliphatic carbocycles. The van der Waals surface area contributed by atoms with E-state index in [4.69, 9.17) is 27.9 Å². The van der Waals surface area contributed by atoms with Crippen LogP contribution in [0, 0.1) is 0 Å². The number of carbonyl (C=O) groups is 1. The molecule has 7 nitrogen and oxygen atoms in total. The quantitative estimate of drug-likeness (QED) is 0.280. The van der Waals surface area contributed by atoms with Crippen molar-refractivity contribution in [1.29, 1.82) is 0 Å². The van der Waals surface area contributed by atoms with Gasteiger partial charge in [0.05, 0.1) is 42.1 Å². The molecular formula is C30H35Cl2N3O4S. The van der Waals surface area contributed by atoms with Gasteiger partial charge in [-0.15, -0.1) is 0 Å². The molecule has 0 aromatic heterocycles. The Morgan fingerprint density at radius 2 is 1.70 bits per heavy atom. The van der Waals surface area contributed by atoms with Gasteiger partial charge in [0.15, 0.2) is 0 Å². The standard InChI is InChI=1S/C30H35Cl2N3O4S/c1-40(37,38)34-22-30(25-10-6-3-7-11-25)15-16-35(28(19-30)33-20-23-8-4-2-5-9-23)29(36)14-17-39-21-24-12-13-26(31)27(32)18-24/h2-13,18,28,33-34H,14-17,19-22H2,1H3. The largest absolute Gasteiger partial charge is 0.376 e. The van der Waals surface area contributed by atoms with Gasteiger partial charge < -0.3 is 9.64 Å². The number of sulfonamides is 1. The molecule has 2 unspecified atom stereocenters. The average molecular weight is 605 g/mol. The number of hydrogen-bond acceptors (Lipinski definition) is 5. The highest BCUT2D eigenvalue weighted by Gasteiger charge is 2.42. The Bertz CT molecular complexity index is 1380. The van der Waals surface area contributed by atoms with Crippen LogP contribution >= 0.6 is 23.2 Å². The van der Waals surface area contributed by atoms with Crippen LogP contribution in [0.2, 0.25) is 10.0 Å². The predicted molar refractivity (Wildman–Crippen MR) is 160 cm³/mol. The molecule has 0 spiro atoms. The van der Waals surface area contributed by atoms with Crippen molar-refractivity contribution in [2.45, 2.75) is 44.0 Å². The molecular weight excluding hydrogens is 569 g/mol. The van der Waals surface area contributed by atoms with Crippen LogP contribution < -0.4 is 10.0 Å². The lowest BCUT2D eigenvalue weighted by Crippen LogP contribution is -2.59. The van der Waals surface area contributed by atoms with E-state index in [-0.39, 0.29) is 31.6 Å². The minimum absolute atomic E-state index is 0.0163. The molecule has 2 N–H and O–H groups in total. The number of amides is 1. The van der Waals surface area contributed by atoms with E-state index < -0.39 is 15.4 Å². The zero-order valence-corrected chi connectivity index (χ0v) is 24.8. The molecule has 4 rings (SSSR count). The van der Waals surface area contributed by atoms with Crippen molar-refractivity contribution in [3.63, 3.8) is 0 Å². The lowest BCUT2D eigenvalue weighted by Gasteiger charge is -2.47. The van der Waals surface area contributed by atoms with Gasteiger partial charge in [-0.3, -0.25) is 10.1 Å². The van der Waals surface area contributed by atoms with E-state index in [9.17, 15) is 13.2 Å². The Morgan fingerprint density at radius 1 is 1.00 bits per heavy atom. The van der Waals surface area contributed by atoms with Crippen LogP contribution in [0.25, 0.3) is 0 Å². The molecule has 10 heteroatoms. The zero-order valence-electron chi connectivity index (χ0n) is 22.5. The van der Waals surface area contributed by atoms with Crippen molar-refractivity contribution in [3.8, 4) is 0 Å². The third-order valence-electron chi connectivity index (χ3n) is 7.27. The smallest absolute Gasteiger partial charge is 0.226 e. The summed E-state index contributed by atoms with van der Waals surface area (Å²) in [6.07, 6.45) is 2.29. The van der Waals surface area contributed by atoms with Crippen LogP contribution in [0.15, 0.2) is 78.9 Å². The Kier molecular flexibility index (Phi) is 10.6. The van der Waals surface area contributed by atoms with E-state index in [0.29, 0.717) is 42.6 Å². The van der Waals surface area contributed by atoms with Gasteiger partial charge in [0, 0.05) is 25.0 Å². The van der Waals surface area contributed by atoms with E-state index in [1.807, 2.05) is 71.6 Å².